The van der Waals surface area contributed by atoms with E-state index in [1.807, 2.05) is 18.9 Å². The lowest BCUT2D eigenvalue weighted by Crippen LogP contribution is -2.36. The minimum atomic E-state index is -0.345. The highest BCUT2D eigenvalue weighted by atomic mass is 19.1. The van der Waals surface area contributed by atoms with Crippen LogP contribution in [-0.4, -0.2) is 29.6 Å². The van der Waals surface area contributed by atoms with Gasteiger partial charge in [-0.05, 0) is 25.7 Å². The second kappa shape index (κ2) is 6.17. The molecule has 0 bridgehead atoms. The van der Waals surface area contributed by atoms with Crippen molar-refractivity contribution in [3.63, 3.8) is 0 Å². The van der Waals surface area contributed by atoms with Crippen LogP contribution in [0.3, 0.4) is 0 Å². The maximum absolute atomic E-state index is 13.9. The lowest BCUT2D eigenvalue weighted by Gasteiger charge is -2.35. The molecule has 1 N–H and O–H groups in total. The van der Waals surface area contributed by atoms with Crippen molar-refractivity contribution < 1.29 is 4.39 Å². The van der Waals surface area contributed by atoms with E-state index in [1.165, 1.54) is 19.0 Å². The number of hydrogen-bond donors (Lipinski definition) is 1. The van der Waals surface area contributed by atoms with Crippen molar-refractivity contribution in [3.05, 3.63) is 12.0 Å². The maximum Gasteiger partial charge on any atom is 0.224 e. The normalized spacial score (nSPS) is 23.2. The van der Waals surface area contributed by atoms with E-state index in [-0.39, 0.29) is 5.82 Å². The maximum atomic E-state index is 13.9. The van der Waals surface area contributed by atoms with Crippen LogP contribution in [0.2, 0.25) is 0 Å². The van der Waals surface area contributed by atoms with Crippen molar-refractivity contribution in [2.45, 2.75) is 45.6 Å². The molecule has 2 atom stereocenters. The molecule has 0 spiro atoms. The summed E-state index contributed by atoms with van der Waals surface area (Å²) in [6.45, 7) is 4.97. The average Bonchev–Trinajstić information content (AvgIpc) is 2.40. The molecule has 2 unspecified atom stereocenters. The average molecular weight is 266 g/mol. The van der Waals surface area contributed by atoms with Crippen molar-refractivity contribution in [2.75, 3.05) is 23.8 Å². The molecule has 1 aromatic heterocycles. The fourth-order valence-corrected chi connectivity index (χ4v) is 2.78. The molecule has 1 heterocycles. The fraction of sp³-hybridized carbons (Fsp3) is 0.714. The minimum absolute atomic E-state index is 0.345. The van der Waals surface area contributed by atoms with Gasteiger partial charge in [-0.15, -0.1) is 0 Å². The molecule has 1 fully saturated rings. The third kappa shape index (κ3) is 3.33. The van der Waals surface area contributed by atoms with E-state index >= 15 is 0 Å². The summed E-state index contributed by atoms with van der Waals surface area (Å²) in [5.74, 6) is 1.27. The smallest absolute Gasteiger partial charge is 0.224 e. The van der Waals surface area contributed by atoms with Gasteiger partial charge < -0.3 is 10.2 Å². The van der Waals surface area contributed by atoms with Gasteiger partial charge in [-0.25, -0.2) is 9.37 Å². The molecule has 0 aliphatic heterocycles. The van der Waals surface area contributed by atoms with Gasteiger partial charge in [0.2, 0.25) is 5.95 Å². The van der Waals surface area contributed by atoms with E-state index in [4.69, 9.17) is 0 Å². The molecule has 0 saturated heterocycles. The third-order valence-electron chi connectivity index (χ3n) is 3.85. The molecule has 1 aliphatic rings. The van der Waals surface area contributed by atoms with Crippen molar-refractivity contribution in [3.8, 4) is 0 Å². The van der Waals surface area contributed by atoms with Gasteiger partial charge in [0.05, 0.1) is 6.20 Å². The summed E-state index contributed by atoms with van der Waals surface area (Å²) in [6, 6.07) is 0.377. The Labute approximate surface area is 114 Å². The Kier molecular flexibility index (Phi) is 4.56. The van der Waals surface area contributed by atoms with E-state index in [0.29, 0.717) is 23.7 Å². The van der Waals surface area contributed by atoms with Gasteiger partial charge in [0.15, 0.2) is 11.6 Å². The van der Waals surface area contributed by atoms with E-state index in [2.05, 4.69) is 22.2 Å². The molecule has 1 saturated carbocycles. The summed E-state index contributed by atoms with van der Waals surface area (Å²) in [4.78, 5) is 10.2. The number of nitrogens with one attached hydrogen (secondary N) is 1. The molecule has 0 amide bonds. The van der Waals surface area contributed by atoms with Gasteiger partial charge in [-0.1, -0.05) is 19.8 Å². The zero-order valence-corrected chi connectivity index (χ0v) is 12.0. The largest absolute Gasteiger partial charge is 0.354 e. The second-order valence-electron chi connectivity index (χ2n) is 5.43. The summed E-state index contributed by atoms with van der Waals surface area (Å²) in [7, 11) is 1.93. The predicted molar refractivity (Wildman–Crippen MR) is 76.0 cm³/mol. The predicted octanol–water partition coefficient (Wildman–Crippen LogP) is 3.06. The van der Waals surface area contributed by atoms with Gasteiger partial charge in [0.1, 0.15) is 0 Å². The van der Waals surface area contributed by atoms with Crippen LogP contribution in [0, 0.1) is 11.7 Å². The molecule has 1 aliphatic carbocycles. The van der Waals surface area contributed by atoms with Crippen LogP contribution < -0.4 is 10.2 Å². The third-order valence-corrected chi connectivity index (χ3v) is 3.85. The van der Waals surface area contributed by atoms with Crippen LogP contribution in [0.1, 0.15) is 39.5 Å². The Hall–Kier alpha value is -1.39. The highest BCUT2D eigenvalue weighted by Gasteiger charge is 2.25. The molecular weight excluding hydrogens is 243 g/mol. The first-order chi connectivity index (χ1) is 9.11. The zero-order chi connectivity index (χ0) is 13.8. The highest BCUT2D eigenvalue weighted by molar-refractivity contribution is 5.44. The Balaban J connectivity index is 2.17. The quantitative estimate of drug-likeness (QED) is 0.909. The van der Waals surface area contributed by atoms with Crippen LogP contribution in [-0.2, 0) is 0 Å². The molecule has 1 aromatic rings. The molecule has 19 heavy (non-hydrogen) atoms. The minimum Gasteiger partial charge on any atom is -0.354 e. The van der Waals surface area contributed by atoms with Gasteiger partial charge in [-0.2, -0.15) is 4.98 Å². The standard InChI is InChI=1S/C14H23FN4/c1-4-16-14-17-9-12(15)13(18-14)19(3)11-7-5-6-10(2)8-11/h9-11H,4-8H2,1-3H3,(H,16,17,18). The van der Waals surface area contributed by atoms with Crippen molar-refractivity contribution >= 4 is 11.8 Å². The van der Waals surface area contributed by atoms with Crippen molar-refractivity contribution in [2.24, 2.45) is 5.92 Å². The van der Waals surface area contributed by atoms with Gasteiger partial charge in [-0.3, -0.25) is 0 Å². The first kappa shape index (κ1) is 14.0. The Morgan fingerprint density at radius 2 is 2.26 bits per heavy atom. The summed E-state index contributed by atoms with van der Waals surface area (Å²) < 4.78 is 13.9. The van der Waals surface area contributed by atoms with E-state index in [9.17, 15) is 4.39 Å². The number of anilines is 2. The van der Waals surface area contributed by atoms with E-state index < -0.39 is 0 Å². The number of hydrogen-bond acceptors (Lipinski definition) is 4. The Bertz CT molecular complexity index is 424. The van der Waals surface area contributed by atoms with Crippen LogP contribution in [0.4, 0.5) is 16.2 Å². The number of nitrogens with zero attached hydrogens (tertiary/aromatic N) is 3. The van der Waals surface area contributed by atoms with Gasteiger partial charge in [0, 0.05) is 19.6 Å². The topological polar surface area (TPSA) is 41.1 Å². The Morgan fingerprint density at radius 3 is 2.95 bits per heavy atom. The molecule has 4 nitrogen and oxygen atoms in total. The first-order valence-corrected chi connectivity index (χ1v) is 7.11. The molecule has 106 valence electrons. The van der Waals surface area contributed by atoms with Crippen LogP contribution in [0.15, 0.2) is 6.20 Å². The zero-order valence-electron chi connectivity index (χ0n) is 12.0. The lowest BCUT2D eigenvalue weighted by atomic mass is 9.86. The summed E-state index contributed by atoms with van der Waals surface area (Å²) >= 11 is 0. The van der Waals surface area contributed by atoms with Crippen molar-refractivity contribution in [1.29, 1.82) is 0 Å². The number of rotatable bonds is 4. The number of aromatic nitrogens is 2. The van der Waals surface area contributed by atoms with Crippen LogP contribution >= 0.6 is 0 Å². The molecule has 5 heteroatoms. The molecule has 0 radical (unpaired) electrons. The van der Waals surface area contributed by atoms with Crippen molar-refractivity contribution in [1.82, 2.24) is 9.97 Å². The first-order valence-electron chi connectivity index (χ1n) is 7.11. The molecule has 0 aromatic carbocycles. The summed E-state index contributed by atoms with van der Waals surface area (Å²) in [5, 5.41) is 3.03. The number of halogens is 1. The molecular formula is C14H23FN4. The Morgan fingerprint density at radius 1 is 1.47 bits per heavy atom. The summed E-state index contributed by atoms with van der Waals surface area (Å²) in [5.41, 5.74) is 0. The fourth-order valence-electron chi connectivity index (χ4n) is 2.78. The van der Waals surface area contributed by atoms with Gasteiger partial charge >= 0.3 is 0 Å². The van der Waals surface area contributed by atoms with E-state index in [1.54, 1.807) is 0 Å². The highest BCUT2D eigenvalue weighted by Crippen LogP contribution is 2.29. The molecule has 2 rings (SSSR count). The van der Waals surface area contributed by atoms with Crippen LogP contribution in [0.25, 0.3) is 0 Å². The van der Waals surface area contributed by atoms with Crippen LogP contribution in [0.5, 0.6) is 0 Å². The van der Waals surface area contributed by atoms with Gasteiger partial charge in [0.25, 0.3) is 0 Å². The lowest BCUT2D eigenvalue weighted by molar-refractivity contribution is 0.334. The SMILES string of the molecule is CCNc1ncc(F)c(N(C)C2CCCC(C)C2)n1. The monoisotopic (exact) mass is 266 g/mol. The second-order valence-corrected chi connectivity index (χ2v) is 5.43. The van der Waals surface area contributed by atoms with E-state index in [0.717, 1.165) is 19.4 Å². The summed E-state index contributed by atoms with van der Waals surface area (Å²) in [6.07, 6.45) is 5.96.